The third kappa shape index (κ3) is 4.44. The van der Waals surface area contributed by atoms with Crippen LogP contribution < -0.4 is 5.32 Å². The van der Waals surface area contributed by atoms with Gasteiger partial charge in [-0.2, -0.15) is 0 Å². The molecule has 3 nitrogen and oxygen atoms in total. The summed E-state index contributed by atoms with van der Waals surface area (Å²) >= 11 is 0. The third-order valence-electron chi connectivity index (χ3n) is 5.25. The summed E-state index contributed by atoms with van der Waals surface area (Å²) in [6, 6.07) is 0.661. The molecule has 0 saturated carbocycles. The van der Waals surface area contributed by atoms with Gasteiger partial charge < -0.3 is 15.0 Å². The maximum atomic E-state index is 5.71. The molecule has 3 heteroatoms. The van der Waals surface area contributed by atoms with Crippen molar-refractivity contribution in [3.8, 4) is 0 Å². The standard InChI is InChI=1S/C17H34N2O/c1-5-18-16-8-11-20-13-14(16)12-19-9-6-15(7-10-19)17(2,3)4/h14-16,18H,5-13H2,1-4H3. The summed E-state index contributed by atoms with van der Waals surface area (Å²) in [5.41, 5.74) is 0.479. The summed E-state index contributed by atoms with van der Waals surface area (Å²) < 4.78 is 5.71. The first kappa shape index (κ1) is 16.3. The number of nitrogens with one attached hydrogen (secondary N) is 1. The number of hydrogen-bond donors (Lipinski definition) is 1. The minimum Gasteiger partial charge on any atom is -0.381 e. The van der Waals surface area contributed by atoms with Gasteiger partial charge in [0, 0.05) is 25.1 Å². The van der Waals surface area contributed by atoms with Gasteiger partial charge >= 0.3 is 0 Å². The molecular formula is C17H34N2O. The molecule has 0 aromatic rings. The second-order valence-corrected chi connectivity index (χ2v) is 7.73. The third-order valence-corrected chi connectivity index (χ3v) is 5.25. The zero-order chi connectivity index (χ0) is 14.6. The second-order valence-electron chi connectivity index (χ2n) is 7.73. The number of piperidine rings is 1. The number of likely N-dealkylation sites (tertiary alicyclic amines) is 1. The van der Waals surface area contributed by atoms with E-state index in [0.717, 1.165) is 25.7 Å². The lowest BCUT2D eigenvalue weighted by Gasteiger charge is -2.41. The number of ether oxygens (including phenoxy) is 1. The van der Waals surface area contributed by atoms with Gasteiger partial charge in [0.15, 0.2) is 0 Å². The molecule has 2 heterocycles. The lowest BCUT2D eigenvalue weighted by molar-refractivity contribution is 0.00790. The van der Waals surface area contributed by atoms with Crippen molar-refractivity contribution in [2.24, 2.45) is 17.3 Å². The summed E-state index contributed by atoms with van der Waals surface area (Å²) in [7, 11) is 0. The fraction of sp³-hybridized carbons (Fsp3) is 1.00. The Morgan fingerprint density at radius 2 is 1.85 bits per heavy atom. The summed E-state index contributed by atoms with van der Waals surface area (Å²) in [6.07, 6.45) is 3.91. The van der Waals surface area contributed by atoms with Crippen LogP contribution in [0.2, 0.25) is 0 Å². The van der Waals surface area contributed by atoms with Gasteiger partial charge in [0.05, 0.1) is 6.61 Å². The van der Waals surface area contributed by atoms with Crippen LogP contribution in [0.3, 0.4) is 0 Å². The highest BCUT2D eigenvalue weighted by atomic mass is 16.5. The van der Waals surface area contributed by atoms with Crippen LogP contribution in [-0.2, 0) is 4.74 Å². The normalized spacial score (nSPS) is 30.6. The van der Waals surface area contributed by atoms with Gasteiger partial charge in [0.1, 0.15) is 0 Å². The van der Waals surface area contributed by atoms with Crippen molar-refractivity contribution in [3.05, 3.63) is 0 Å². The van der Waals surface area contributed by atoms with Crippen molar-refractivity contribution in [1.82, 2.24) is 10.2 Å². The Morgan fingerprint density at radius 1 is 1.15 bits per heavy atom. The van der Waals surface area contributed by atoms with E-state index < -0.39 is 0 Å². The van der Waals surface area contributed by atoms with Crippen LogP contribution in [0.25, 0.3) is 0 Å². The molecule has 0 bridgehead atoms. The van der Waals surface area contributed by atoms with E-state index in [0.29, 0.717) is 17.4 Å². The van der Waals surface area contributed by atoms with E-state index in [1.54, 1.807) is 0 Å². The number of hydrogen-bond acceptors (Lipinski definition) is 3. The summed E-state index contributed by atoms with van der Waals surface area (Å²) in [5, 5.41) is 3.65. The average Bonchev–Trinajstić information content (AvgIpc) is 2.41. The molecule has 2 saturated heterocycles. The van der Waals surface area contributed by atoms with Crippen molar-refractivity contribution in [3.63, 3.8) is 0 Å². The molecule has 2 fully saturated rings. The van der Waals surface area contributed by atoms with E-state index in [1.165, 1.54) is 38.9 Å². The summed E-state index contributed by atoms with van der Waals surface area (Å²) in [4.78, 5) is 2.67. The second kappa shape index (κ2) is 7.24. The van der Waals surface area contributed by atoms with Gasteiger partial charge in [0.25, 0.3) is 0 Å². The minimum atomic E-state index is 0.479. The predicted octanol–water partition coefficient (Wildman–Crippen LogP) is 2.76. The zero-order valence-electron chi connectivity index (χ0n) is 14.0. The minimum absolute atomic E-state index is 0.479. The SMILES string of the molecule is CCNC1CCOCC1CN1CCC(C(C)(C)C)CC1. The molecule has 2 aliphatic rings. The Morgan fingerprint density at radius 3 is 2.45 bits per heavy atom. The van der Waals surface area contributed by atoms with Gasteiger partial charge in [-0.25, -0.2) is 0 Å². The maximum Gasteiger partial charge on any atom is 0.0521 e. The van der Waals surface area contributed by atoms with Gasteiger partial charge in [-0.15, -0.1) is 0 Å². The Kier molecular flexibility index (Phi) is 5.88. The Balaban J connectivity index is 1.79. The lowest BCUT2D eigenvalue weighted by Crippen LogP contribution is -2.49. The lowest BCUT2D eigenvalue weighted by atomic mass is 9.75. The number of nitrogens with zero attached hydrogens (tertiary/aromatic N) is 1. The summed E-state index contributed by atoms with van der Waals surface area (Å²) in [6.45, 7) is 16.1. The molecular weight excluding hydrogens is 248 g/mol. The highest BCUT2D eigenvalue weighted by molar-refractivity contribution is 4.85. The van der Waals surface area contributed by atoms with E-state index in [9.17, 15) is 0 Å². The Bertz CT molecular complexity index is 277. The first-order valence-electron chi connectivity index (χ1n) is 8.54. The van der Waals surface area contributed by atoms with Gasteiger partial charge in [-0.3, -0.25) is 0 Å². The van der Waals surface area contributed by atoms with Crippen molar-refractivity contribution < 1.29 is 4.74 Å². The smallest absolute Gasteiger partial charge is 0.0521 e. The van der Waals surface area contributed by atoms with Gasteiger partial charge in [-0.05, 0) is 50.2 Å². The topological polar surface area (TPSA) is 24.5 Å². The zero-order valence-corrected chi connectivity index (χ0v) is 14.0. The van der Waals surface area contributed by atoms with Crippen LogP contribution in [0.5, 0.6) is 0 Å². The molecule has 2 rings (SSSR count). The highest BCUT2D eigenvalue weighted by Crippen LogP contribution is 2.34. The molecule has 2 atom stereocenters. The number of rotatable bonds is 4. The average molecular weight is 282 g/mol. The fourth-order valence-corrected chi connectivity index (χ4v) is 3.82. The Labute approximate surface area is 125 Å². The van der Waals surface area contributed by atoms with E-state index in [2.05, 4.69) is 37.9 Å². The molecule has 0 amide bonds. The van der Waals surface area contributed by atoms with Crippen molar-refractivity contribution in [2.45, 2.75) is 53.0 Å². The van der Waals surface area contributed by atoms with E-state index >= 15 is 0 Å². The highest BCUT2D eigenvalue weighted by Gasteiger charge is 2.31. The van der Waals surface area contributed by atoms with E-state index in [4.69, 9.17) is 4.74 Å². The quantitative estimate of drug-likeness (QED) is 0.858. The molecule has 0 aromatic carbocycles. The van der Waals surface area contributed by atoms with Crippen LogP contribution in [0.1, 0.15) is 47.0 Å². The van der Waals surface area contributed by atoms with Crippen molar-refractivity contribution in [1.29, 1.82) is 0 Å². The van der Waals surface area contributed by atoms with Gasteiger partial charge in [0.2, 0.25) is 0 Å². The largest absolute Gasteiger partial charge is 0.381 e. The van der Waals surface area contributed by atoms with Crippen LogP contribution >= 0.6 is 0 Å². The first-order chi connectivity index (χ1) is 9.50. The molecule has 0 spiro atoms. The molecule has 0 radical (unpaired) electrons. The molecule has 2 unspecified atom stereocenters. The maximum absolute atomic E-state index is 5.71. The molecule has 0 aliphatic carbocycles. The Hall–Kier alpha value is -0.120. The molecule has 20 heavy (non-hydrogen) atoms. The van der Waals surface area contributed by atoms with Crippen LogP contribution in [0.15, 0.2) is 0 Å². The van der Waals surface area contributed by atoms with Crippen molar-refractivity contribution >= 4 is 0 Å². The van der Waals surface area contributed by atoms with Crippen LogP contribution in [0, 0.1) is 17.3 Å². The molecule has 2 aliphatic heterocycles. The van der Waals surface area contributed by atoms with Crippen LogP contribution in [-0.4, -0.2) is 50.3 Å². The molecule has 118 valence electrons. The van der Waals surface area contributed by atoms with E-state index in [-0.39, 0.29) is 0 Å². The van der Waals surface area contributed by atoms with E-state index in [1.807, 2.05) is 0 Å². The fourth-order valence-electron chi connectivity index (χ4n) is 3.82. The van der Waals surface area contributed by atoms with Crippen LogP contribution in [0.4, 0.5) is 0 Å². The predicted molar refractivity (Wildman–Crippen MR) is 85.0 cm³/mol. The first-order valence-corrected chi connectivity index (χ1v) is 8.54. The monoisotopic (exact) mass is 282 g/mol. The molecule has 0 aromatic heterocycles. The summed E-state index contributed by atoms with van der Waals surface area (Å²) in [5.74, 6) is 1.57. The van der Waals surface area contributed by atoms with Gasteiger partial charge in [-0.1, -0.05) is 27.7 Å². The molecule has 1 N–H and O–H groups in total. The van der Waals surface area contributed by atoms with Crippen molar-refractivity contribution in [2.75, 3.05) is 39.4 Å².